The number of hydrogen-bond acceptors (Lipinski definition) is 3. The third-order valence-corrected chi connectivity index (χ3v) is 6.98. The van der Waals surface area contributed by atoms with E-state index in [2.05, 4.69) is 4.72 Å². The molecule has 2 aromatic carbocycles. The van der Waals surface area contributed by atoms with Crippen LogP contribution in [0.3, 0.4) is 0 Å². The maximum absolute atomic E-state index is 12.9. The number of carbonyl (C=O) groups is 1. The predicted molar refractivity (Wildman–Crippen MR) is 117 cm³/mol. The first-order valence-electron chi connectivity index (χ1n) is 10.0. The van der Waals surface area contributed by atoms with Crippen molar-refractivity contribution in [1.82, 2.24) is 4.72 Å². The zero-order valence-electron chi connectivity index (χ0n) is 17.8. The molecule has 0 fully saturated rings. The van der Waals surface area contributed by atoms with Gasteiger partial charge in [-0.2, -0.15) is 0 Å². The Kier molecular flexibility index (Phi) is 5.88. The van der Waals surface area contributed by atoms with Crippen molar-refractivity contribution in [2.45, 2.75) is 50.8 Å². The molecule has 1 atom stereocenters. The quantitative estimate of drug-likeness (QED) is 0.775. The van der Waals surface area contributed by atoms with Gasteiger partial charge in [0.25, 0.3) is 0 Å². The number of nitrogens with zero attached hydrogens (tertiary/aromatic N) is 1. The second-order valence-electron chi connectivity index (χ2n) is 8.81. The third kappa shape index (κ3) is 4.38. The van der Waals surface area contributed by atoms with Gasteiger partial charge in [0.1, 0.15) is 0 Å². The Morgan fingerprint density at radius 2 is 1.76 bits per heavy atom. The number of benzene rings is 2. The maximum atomic E-state index is 12.9. The van der Waals surface area contributed by atoms with Crippen molar-refractivity contribution in [3.05, 3.63) is 59.7 Å². The molecule has 1 amide bonds. The van der Waals surface area contributed by atoms with Crippen LogP contribution in [0.2, 0.25) is 0 Å². The molecule has 6 heteroatoms. The van der Waals surface area contributed by atoms with Crippen molar-refractivity contribution >= 4 is 21.6 Å². The van der Waals surface area contributed by atoms with Gasteiger partial charge in [-0.15, -0.1) is 0 Å². The number of rotatable bonds is 6. The van der Waals surface area contributed by atoms with Crippen molar-refractivity contribution in [3.63, 3.8) is 0 Å². The third-order valence-electron chi connectivity index (χ3n) is 5.56. The fraction of sp³-hybridized carbons (Fsp3) is 0.435. The summed E-state index contributed by atoms with van der Waals surface area (Å²) in [6, 6.07) is 14.9. The van der Waals surface area contributed by atoms with Crippen molar-refractivity contribution in [2.24, 2.45) is 5.92 Å². The summed E-state index contributed by atoms with van der Waals surface area (Å²) in [4.78, 5) is 14.6. The van der Waals surface area contributed by atoms with Gasteiger partial charge in [-0.3, -0.25) is 4.79 Å². The number of sulfonamides is 1. The van der Waals surface area contributed by atoms with Gasteiger partial charge in [0.2, 0.25) is 15.9 Å². The van der Waals surface area contributed by atoms with Crippen LogP contribution in [0.25, 0.3) is 0 Å². The van der Waals surface area contributed by atoms with E-state index in [-0.39, 0.29) is 28.1 Å². The molecular weight excluding hydrogens is 384 g/mol. The highest BCUT2D eigenvalue weighted by molar-refractivity contribution is 7.89. The molecule has 1 N–H and O–H groups in total. The molecule has 156 valence electrons. The number of hydrogen-bond donors (Lipinski definition) is 1. The van der Waals surface area contributed by atoms with Gasteiger partial charge in [0.15, 0.2) is 0 Å². The number of fused-ring (bicyclic) bond motifs is 1. The van der Waals surface area contributed by atoms with E-state index < -0.39 is 10.0 Å². The van der Waals surface area contributed by atoms with E-state index in [0.29, 0.717) is 13.1 Å². The molecule has 2 aromatic rings. The van der Waals surface area contributed by atoms with Crippen LogP contribution in [-0.2, 0) is 20.2 Å². The Labute approximate surface area is 174 Å². The van der Waals surface area contributed by atoms with Crippen molar-refractivity contribution < 1.29 is 13.2 Å². The van der Waals surface area contributed by atoms with Gasteiger partial charge in [-0.05, 0) is 35.2 Å². The van der Waals surface area contributed by atoms with Crippen LogP contribution < -0.4 is 9.62 Å². The first kappa shape index (κ1) is 21.5. The lowest BCUT2D eigenvalue weighted by molar-refractivity contribution is -0.121. The highest BCUT2D eigenvalue weighted by Crippen LogP contribution is 2.42. The average Bonchev–Trinajstić information content (AvgIpc) is 2.96. The molecule has 1 aliphatic heterocycles. The molecule has 0 saturated carbocycles. The molecule has 0 bridgehead atoms. The van der Waals surface area contributed by atoms with Gasteiger partial charge in [0.05, 0.1) is 4.90 Å². The second kappa shape index (κ2) is 7.92. The highest BCUT2D eigenvalue weighted by Gasteiger charge is 2.39. The van der Waals surface area contributed by atoms with Crippen molar-refractivity contribution in [3.8, 4) is 0 Å². The summed E-state index contributed by atoms with van der Waals surface area (Å²) in [7, 11) is -3.64. The fourth-order valence-electron chi connectivity index (χ4n) is 3.75. The molecule has 5 nitrogen and oxygen atoms in total. The number of nitrogens with one attached hydrogen (secondary N) is 1. The number of anilines is 1. The van der Waals surface area contributed by atoms with Crippen LogP contribution >= 0.6 is 0 Å². The van der Waals surface area contributed by atoms with Gasteiger partial charge in [0, 0.05) is 30.1 Å². The fourth-order valence-corrected chi connectivity index (χ4v) is 4.91. The molecule has 29 heavy (non-hydrogen) atoms. The van der Waals surface area contributed by atoms with Crippen LogP contribution in [0, 0.1) is 5.92 Å². The molecule has 0 aliphatic carbocycles. The average molecular weight is 415 g/mol. The largest absolute Gasteiger partial charge is 0.311 e. The molecule has 0 saturated heterocycles. The van der Waals surface area contributed by atoms with E-state index in [1.807, 2.05) is 65.0 Å². The van der Waals surface area contributed by atoms with Crippen molar-refractivity contribution in [1.29, 1.82) is 0 Å². The second-order valence-corrected chi connectivity index (χ2v) is 10.6. The van der Waals surface area contributed by atoms with E-state index in [0.717, 1.165) is 16.8 Å². The SMILES string of the molecule is CC(C)C(=O)N1CC(C)(C)c2cc(S(=O)(=O)NC[C@@H](C)c3ccccc3)ccc21. The summed E-state index contributed by atoms with van der Waals surface area (Å²) in [6.45, 7) is 10.7. The summed E-state index contributed by atoms with van der Waals surface area (Å²) in [6.07, 6.45) is 0. The van der Waals surface area contributed by atoms with Gasteiger partial charge in [-0.1, -0.05) is 65.0 Å². The minimum atomic E-state index is -3.64. The Hall–Kier alpha value is -2.18. The highest BCUT2D eigenvalue weighted by atomic mass is 32.2. The Morgan fingerprint density at radius 1 is 1.10 bits per heavy atom. The topological polar surface area (TPSA) is 66.5 Å². The lowest BCUT2D eigenvalue weighted by Crippen LogP contribution is -2.36. The predicted octanol–water partition coefficient (Wildman–Crippen LogP) is 4.05. The molecule has 0 spiro atoms. The zero-order chi connectivity index (χ0) is 21.4. The number of amides is 1. The normalized spacial score (nSPS) is 16.7. The molecule has 0 aromatic heterocycles. The summed E-state index contributed by atoms with van der Waals surface area (Å²) in [5.41, 5.74) is 2.49. The summed E-state index contributed by atoms with van der Waals surface area (Å²) in [5.74, 6) is 0.0135. The van der Waals surface area contributed by atoms with Gasteiger partial charge < -0.3 is 4.90 Å². The molecule has 1 aliphatic rings. The lowest BCUT2D eigenvalue weighted by atomic mass is 9.87. The molecule has 1 heterocycles. The summed E-state index contributed by atoms with van der Waals surface area (Å²) in [5, 5.41) is 0. The molecule has 3 rings (SSSR count). The zero-order valence-corrected chi connectivity index (χ0v) is 18.6. The first-order chi connectivity index (χ1) is 13.5. The lowest BCUT2D eigenvalue weighted by Gasteiger charge is -2.22. The molecule has 0 unspecified atom stereocenters. The van der Waals surface area contributed by atoms with E-state index in [9.17, 15) is 13.2 Å². The van der Waals surface area contributed by atoms with Gasteiger partial charge in [-0.25, -0.2) is 13.1 Å². The Morgan fingerprint density at radius 3 is 2.38 bits per heavy atom. The van der Waals surface area contributed by atoms with Crippen LogP contribution in [-0.4, -0.2) is 27.4 Å². The molecular formula is C23H30N2O3S. The van der Waals surface area contributed by atoms with Crippen LogP contribution in [0.4, 0.5) is 5.69 Å². The van der Waals surface area contributed by atoms with Crippen LogP contribution in [0.5, 0.6) is 0 Å². The van der Waals surface area contributed by atoms with E-state index >= 15 is 0 Å². The van der Waals surface area contributed by atoms with E-state index in [1.54, 1.807) is 23.1 Å². The minimum absolute atomic E-state index is 0.0576. The van der Waals surface area contributed by atoms with E-state index in [1.165, 1.54) is 0 Å². The summed E-state index contributed by atoms with van der Waals surface area (Å²) < 4.78 is 28.6. The smallest absolute Gasteiger partial charge is 0.240 e. The Bertz CT molecular complexity index is 998. The molecule has 0 radical (unpaired) electrons. The minimum Gasteiger partial charge on any atom is -0.311 e. The van der Waals surface area contributed by atoms with Crippen molar-refractivity contribution in [2.75, 3.05) is 18.0 Å². The number of carbonyl (C=O) groups excluding carboxylic acids is 1. The maximum Gasteiger partial charge on any atom is 0.240 e. The summed E-state index contributed by atoms with van der Waals surface area (Å²) >= 11 is 0. The first-order valence-corrected chi connectivity index (χ1v) is 11.5. The Balaban J connectivity index is 1.84. The van der Waals surface area contributed by atoms with E-state index in [4.69, 9.17) is 0 Å². The van der Waals surface area contributed by atoms with Crippen LogP contribution in [0.15, 0.2) is 53.4 Å². The monoisotopic (exact) mass is 414 g/mol. The standard InChI is InChI=1S/C23H30N2O3S/c1-16(2)22(26)25-15-23(4,5)20-13-19(11-12-21(20)25)29(27,28)24-14-17(3)18-9-7-6-8-10-18/h6-13,16-17,24H,14-15H2,1-5H3/t17-/m1/s1. The van der Waals surface area contributed by atoms with Crippen LogP contribution in [0.1, 0.15) is 51.7 Å². The van der Waals surface area contributed by atoms with Gasteiger partial charge >= 0.3 is 0 Å².